The molecule has 0 aliphatic heterocycles. The summed E-state index contributed by atoms with van der Waals surface area (Å²) >= 11 is 0.929. The molecule has 0 saturated carbocycles. The second-order valence-electron chi connectivity index (χ2n) is 8.72. The van der Waals surface area contributed by atoms with Gasteiger partial charge in [0.15, 0.2) is 5.58 Å². The van der Waals surface area contributed by atoms with Crippen molar-refractivity contribution in [2.75, 3.05) is 25.1 Å². The van der Waals surface area contributed by atoms with Crippen molar-refractivity contribution in [3.05, 3.63) is 94.7 Å². The first kappa shape index (κ1) is 27.4. The van der Waals surface area contributed by atoms with Crippen molar-refractivity contribution in [3.63, 3.8) is 0 Å². The third-order valence-corrected chi connectivity index (χ3v) is 8.98. The van der Waals surface area contributed by atoms with Gasteiger partial charge in [0.05, 0.1) is 37.2 Å². The maximum atomic E-state index is 14.0. The second-order valence-corrected chi connectivity index (χ2v) is 11.3. The Kier molecular flexibility index (Phi) is 7.87. The van der Waals surface area contributed by atoms with Crippen LogP contribution in [0, 0.1) is 0 Å². The predicted octanol–water partition coefficient (Wildman–Crippen LogP) is 3.83. The highest BCUT2D eigenvalue weighted by molar-refractivity contribution is 7.93. The van der Waals surface area contributed by atoms with E-state index in [-0.39, 0.29) is 35.2 Å². The van der Waals surface area contributed by atoms with E-state index in [1.165, 1.54) is 43.3 Å². The van der Waals surface area contributed by atoms with Crippen LogP contribution in [0.25, 0.3) is 11.1 Å². The largest absolute Gasteiger partial charge is 0.497 e. The van der Waals surface area contributed by atoms with Crippen molar-refractivity contribution in [2.24, 2.45) is 0 Å². The van der Waals surface area contributed by atoms with Crippen LogP contribution in [0.1, 0.15) is 23.6 Å². The fraction of sp³-hybridized carbons (Fsp3) is 0.222. The number of hydrogen-bond donors (Lipinski definition) is 1. The lowest BCUT2D eigenvalue weighted by Crippen LogP contribution is -2.30. The summed E-state index contributed by atoms with van der Waals surface area (Å²) in [7, 11) is -1.18. The van der Waals surface area contributed by atoms with Gasteiger partial charge in [0.25, 0.3) is 10.0 Å². The van der Waals surface area contributed by atoms with Gasteiger partial charge in [-0.1, -0.05) is 30.3 Å². The quantitative estimate of drug-likeness (QED) is 0.246. The summed E-state index contributed by atoms with van der Waals surface area (Å²) in [6, 6.07) is 18.1. The minimum absolute atomic E-state index is 0.0954. The van der Waals surface area contributed by atoms with Gasteiger partial charge in [-0.2, -0.15) is 4.37 Å². The molecule has 0 fully saturated rings. The molecule has 2 aromatic heterocycles. The Balaban J connectivity index is 1.57. The Morgan fingerprint density at radius 3 is 2.55 bits per heavy atom. The molecule has 11 nitrogen and oxygen atoms in total. The van der Waals surface area contributed by atoms with Crippen LogP contribution in [0.4, 0.5) is 5.13 Å². The van der Waals surface area contributed by atoms with E-state index in [0.717, 1.165) is 21.4 Å². The number of aliphatic hydroxyl groups excluding tert-OH is 1. The number of rotatable bonds is 11. The summed E-state index contributed by atoms with van der Waals surface area (Å²) in [4.78, 5) is 17.0. The molecule has 3 aromatic carbocycles. The molecule has 40 heavy (non-hydrogen) atoms. The average Bonchev–Trinajstić information content (AvgIpc) is 3.62. The van der Waals surface area contributed by atoms with Gasteiger partial charge < -0.3 is 19.0 Å². The normalized spacial score (nSPS) is 12.4. The van der Waals surface area contributed by atoms with Crippen LogP contribution in [-0.2, 0) is 16.6 Å². The van der Waals surface area contributed by atoms with Crippen LogP contribution in [0.15, 0.2) is 87.2 Å². The maximum absolute atomic E-state index is 14.0. The zero-order chi connectivity index (χ0) is 28.3. The van der Waals surface area contributed by atoms with Crippen molar-refractivity contribution in [3.8, 4) is 11.5 Å². The number of ether oxygens (including phenoxy) is 2. The minimum Gasteiger partial charge on any atom is -0.497 e. The Morgan fingerprint density at radius 2 is 1.88 bits per heavy atom. The van der Waals surface area contributed by atoms with Crippen molar-refractivity contribution < 1.29 is 27.4 Å². The molecular weight excluding hydrogens is 556 g/mol. The lowest BCUT2D eigenvalue weighted by atomic mass is 10.0. The molecule has 2 heterocycles. The average molecular weight is 583 g/mol. The minimum atomic E-state index is -4.20. The maximum Gasteiger partial charge on any atom is 0.420 e. The van der Waals surface area contributed by atoms with Crippen molar-refractivity contribution in [1.29, 1.82) is 0 Å². The highest BCUT2D eigenvalue weighted by Gasteiger charge is 2.30. The molecule has 0 saturated heterocycles. The number of nitrogens with zero attached hydrogens (tertiary/aromatic N) is 4. The van der Waals surface area contributed by atoms with Gasteiger partial charge >= 0.3 is 5.76 Å². The Hall–Kier alpha value is -4.20. The number of fused-ring (bicyclic) bond motifs is 1. The lowest BCUT2D eigenvalue weighted by molar-refractivity contribution is 0.266. The summed E-state index contributed by atoms with van der Waals surface area (Å²) in [6.45, 7) is -0.253. The van der Waals surface area contributed by atoms with Crippen LogP contribution in [0.2, 0.25) is 0 Å². The number of benzene rings is 3. The SMILES string of the molecule is COc1ccc(CN(c2ncns2)S(=O)(=O)c2ccc3c(c2)oc(=O)n3C(CCO)c2ccccc2)c(OC)c1. The number of anilines is 1. The van der Waals surface area contributed by atoms with Crippen LogP contribution < -0.4 is 19.5 Å². The molecule has 1 unspecified atom stereocenters. The van der Waals surface area contributed by atoms with E-state index in [9.17, 15) is 18.3 Å². The van der Waals surface area contributed by atoms with Gasteiger partial charge in [-0.25, -0.2) is 22.5 Å². The van der Waals surface area contributed by atoms with Gasteiger partial charge in [-0.3, -0.25) is 4.57 Å². The number of sulfonamides is 1. The zero-order valence-corrected chi connectivity index (χ0v) is 23.3. The Bertz CT molecular complexity index is 1770. The van der Waals surface area contributed by atoms with Gasteiger partial charge in [-0.15, -0.1) is 0 Å². The third kappa shape index (κ3) is 5.18. The molecule has 208 valence electrons. The predicted molar refractivity (Wildman–Crippen MR) is 150 cm³/mol. The van der Waals surface area contributed by atoms with Gasteiger partial charge in [0.2, 0.25) is 5.13 Å². The molecule has 1 N–H and O–H groups in total. The number of hydrogen-bond acceptors (Lipinski definition) is 10. The Labute approximate surface area is 234 Å². The fourth-order valence-corrected chi connectivity index (χ4v) is 6.66. The summed E-state index contributed by atoms with van der Waals surface area (Å²) in [6.07, 6.45) is 1.55. The highest BCUT2D eigenvalue weighted by atomic mass is 32.2. The summed E-state index contributed by atoms with van der Waals surface area (Å²) in [5.74, 6) is 0.347. The van der Waals surface area contributed by atoms with E-state index < -0.39 is 21.8 Å². The van der Waals surface area contributed by atoms with E-state index >= 15 is 0 Å². The van der Waals surface area contributed by atoms with Crippen LogP contribution >= 0.6 is 11.5 Å². The first-order valence-corrected chi connectivity index (χ1v) is 14.4. The van der Waals surface area contributed by atoms with Crippen molar-refractivity contribution >= 4 is 37.8 Å². The first-order chi connectivity index (χ1) is 19.4. The molecule has 0 radical (unpaired) electrons. The molecule has 0 spiro atoms. The standard InChI is InChI=1S/C27H26N4O7S2/c1-36-20-9-8-19(24(14-20)37-2)16-30(26-28-17-29-39-26)40(34,35)21-10-11-23-25(15-21)38-27(33)31(23)22(12-13-32)18-6-4-3-5-7-18/h3-11,14-15,17,22,32H,12-13,16H2,1-2H3. The van der Waals surface area contributed by atoms with Gasteiger partial charge in [0.1, 0.15) is 17.8 Å². The third-order valence-electron chi connectivity index (χ3n) is 6.44. The molecule has 5 rings (SSSR count). The number of aliphatic hydroxyl groups is 1. The fourth-order valence-electron chi connectivity index (χ4n) is 4.51. The Morgan fingerprint density at radius 1 is 1.07 bits per heavy atom. The smallest absolute Gasteiger partial charge is 0.420 e. The van der Waals surface area contributed by atoms with E-state index in [1.54, 1.807) is 18.2 Å². The second kappa shape index (κ2) is 11.5. The van der Waals surface area contributed by atoms with Crippen LogP contribution in [-0.4, -0.2) is 48.3 Å². The lowest BCUT2D eigenvalue weighted by Gasteiger charge is -2.22. The monoisotopic (exact) mass is 582 g/mol. The molecule has 1 atom stereocenters. The highest BCUT2D eigenvalue weighted by Crippen LogP contribution is 2.33. The van der Waals surface area contributed by atoms with E-state index in [2.05, 4.69) is 9.36 Å². The van der Waals surface area contributed by atoms with Crippen molar-refractivity contribution in [1.82, 2.24) is 13.9 Å². The summed E-state index contributed by atoms with van der Waals surface area (Å²) < 4.78 is 50.8. The van der Waals surface area contributed by atoms with Crippen LogP contribution in [0.3, 0.4) is 0 Å². The van der Waals surface area contributed by atoms with E-state index in [1.807, 2.05) is 30.3 Å². The first-order valence-electron chi connectivity index (χ1n) is 12.2. The molecule has 0 bridgehead atoms. The van der Waals surface area contributed by atoms with Crippen LogP contribution in [0.5, 0.6) is 11.5 Å². The summed E-state index contributed by atoms with van der Waals surface area (Å²) in [5.41, 5.74) is 1.90. The molecular formula is C27H26N4O7S2. The van der Waals surface area contributed by atoms with Crippen molar-refractivity contribution in [2.45, 2.75) is 23.9 Å². The van der Waals surface area contributed by atoms with E-state index in [0.29, 0.717) is 22.6 Å². The molecule has 13 heteroatoms. The number of methoxy groups -OCH3 is 2. The topological polar surface area (TPSA) is 137 Å². The van der Waals surface area contributed by atoms with E-state index in [4.69, 9.17) is 13.9 Å². The molecule has 0 aliphatic rings. The molecule has 5 aromatic rings. The number of oxazole rings is 1. The van der Waals surface area contributed by atoms with Gasteiger partial charge in [0, 0.05) is 35.8 Å². The van der Waals surface area contributed by atoms with Gasteiger partial charge in [-0.05, 0) is 36.2 Å². The summed E-state index contributed by atoms with van der Waals surface area (Å²) in [5, 5.41) is 9.85. The zero-order valence-electron chi connectivity index (χ0n) is 21.6. The molecule has 0 amide bonds. The molecule has 0 aliphatic carbocycles. The number of aromatic nitrogens is 3.